The lowest BCUT2D eigenvalue weighted by Crippen LogP contribution is -2.50. The van der Waals surface area contributed by atoms with Gasteiger partial charge in [-0.25, -0.2) is 0 Å². The van der Waals surface area contributed by atoms with Gasteiger partial charge in [-0.2, -0.15) is 0 Å². The van der Waals surface area contributed by atoms with Crippen molar-refractivity contribution < 1.29 is 9.59 Å². The molecular weight excluding hydrogens is 314 g/mol. The van der Waals surface area contributed by atoms with Crippen LogP contribution in [0.5, 0.6) is 0 Å². The lowest BCUT2D eigenvalue weighted by Gasteiger charge is -2.35. The van der Waals surface area contributed by atoms with Gasteiger partial charge in [-0.05, 0) is 45.1 Å². The second-order valence-electron chi connectivity index (χ2n) is 6.66. The minimum Gasteiger partial charge on any atom is -0.353 e. The van der Waals surface area contributed by atoms with Gasteiger partial charge in [0.2, 0.25) is 11.8 Å². The second-order valence-corrected chi connectivity index (χ2v) is 6.66. The average Bonchev–Trinajstić information content (AvgIpc) is 2.57. The third kappa shape index (κ3) is 5.64. The van der Waals surface area contributed by atoms with Gasteiger partial charge in [-0.1, -0.05) is 13.8 Å². The van der Waals surface area contributed by atoms with E-state index in [1.807, 2.05) is 4.90 Å². The second kappa shape index (κ2) is 10.1. The van der Waals surface area contributed by atoms with Crippen molar-refractivity contribution in [2.24, 2.45) is 11.8 Å². The highest BCUT2D eigenvalue weighted by Gasteiger charge is 2.29. The minimum absolute atomic E-state index is 0. The van der Waals surface area contributed by atoms with Crippen molar-refractivity contribution in [1.82, 2.24) is 15.5 Å². The number of carbonyl (C=O) groups excluding carboxylic acids is 2. The summed E-state index contributed by atoms with van der Waals surface area (Å²) in [5, 5.41) is 6.47. The Morgan fingerprint density at radius 1 is 1.17 bits per heavy atom. The zero-order valence-electron chi connectivity index (χ0n) is 14.5. The van der Waals surface area contributed by atoms with Crippen LogP contribution in [0.2, 0.25) is 0 Å². The van der Waals surface area contributed by atoms with E-state index in [2.05, 4.69) is 24.5 Å². The van der Waals surface area contributed by atoms with Gasteiger partial charge in [-0.15, -0.1) is 12.4 Å². The van der Waals surface area contributed by atoms with Crippen LogP contribution in [0.3, 0.4) is 0 Å². The van der Waals surface area contributed by atoms with E-state index in [1.54, 1.807) is 0 Å². The molecule has 2 saturated heterocycles. The fourth-order valence-corrected chi connectivity index (χ4v) is 3.53. The topological polar surface area (TPSA) is 61.4 Å². The number of nitrogens with one attached hydrogen (secondary N) is 2. The molecule has 2 fully saturated rings. The predicted octanol–water partition coefficient (Wildman–Crippen LogP) is 1.95. The maximum absolute atomic E-state index is 12.4. The fourth-order valence-electron chi connectivity index (χ4n) is 3.53. The number of likely N-dealkylation sites (tertiary alicyclic amines) is 1. The molecule has 134 valence electrons. The summed E-state index contributed by atoms with van der Waals surface area (Å²) in [6.45, 7) is 7.55. The molecule has 0 spiro atoms. The fraction of sp³-hybridized carbons (Fsp3) is 0.882. The molecule has 0 bridgehead atoms. The molecule has 2 N–H and O–H groups in total. The highest BCUT2D eigenvalue weighted by molar-refractivity contribution is 5.85. The number of piperidine rings is 2. The van der Waals surface area contributed by atoms with E-state index in [4.69, 9.17) is 0 Å². The third-order valence-electron chi connectivity index (χ3n) is 5.16. The van der Waals surface area contributed by atoms with E-state index < -0.39 is 0 Å². The van der Waals surface area contributed by atoms with Crippen molar-refractivity contribution in [1.29, 1.82) is 0 Å². The Kier molecular flexibility index (Phi) is 8.92. The number of rotatable bonds is 5. The molecule has 0 aromatic rings. The maximum atomic E-state index is 12.4. The van der Waals surface area contributed by atoms with Gasteiger partial charge < -0.3 is 15.5 Å². The van der Waals surface area contributed by atoms with Gasteiger partial charge in [0.25, 0.3) is 0 Å². The highest BCUT2D eigenvalue weighted by atomic mass is 35.5. The van der Waals surface area contributed by atoms with Crippen LogP contribution in [0.4, 0.5) is 0 Å². The summed E-state index contributed by atoms with van der Waals surface area (Å²) in [6.07, 6.45) is 5.68. The van der Waals surface area contributed by atoms with Crippen molar-refractivity contribution in [3.05, 3.63) is 0 Å². The van der Waals surface area contributed by atoms with E-state index >= 15 is 0 Å². The van der Waals surface area contributed by atoms with Gasteiger partial charge in [0.15, 0.2) is 0 Å². The van der Waals surface area contributed by atoms with E-state index in [-0.39, 0.29) is 36.2 Å². The molecule has 2 amide bonds. The Bertz CT molecular complexity index is 374. The Balaban J connectivity index is 0.00000264. The van der Waals surface area contributed by atoms with Crippen LogP contribution in [-0.4, -0.2) is 48.9 Å². The van der Waals surface area contributed by atoms with Crippen LogP contribution in [0, 0.1) is 11.8 Å². The van der Waals surface area contributed by atoms with E-state index in [0.717, 1.165) is 64.7 Å². The number of hydrogen-bond acceptors (Lipinski definition) is 3. The monoisotopic (exact) mass is 345 g/mol. The van der Waals surface area contributed by atoms with Crippen molar-refractivity contribution in [2.75, 3.05) is 26.2 Å². The van der Waals surface area contributed by atoms with Crippen LogP contribution in [-0.2, 0) is 9.59 Å². The molecule has 0 aliphatic carbocycles. The van der Waals surface area contributed by atoms with Crippen LogP contribution < -0.4 is 10.6 Å². The molecule has 2 heterocycles. The van der Waals surface area contributed by atoms with Crippen LogP contribution >= 0.6 is 12.4 Å². The van der Waals surface area contributed by atoms with Crippen LogP contribution in [0.25, 0.3) is 0 Å². The Labute approximate surface area is 146 Å². The lowest BCUT2D eigenvalue weighted by atomic mass is 9.96. The van der Waals surface area contributed by atoms with E-state index in [9.17, 15) is 9.59 Å². The molecule has 0 saturated carbocycles. The van der Waals surface area contributed by atoms with E-state index in [1.165, 1.54) is 0 Å². The van der Waals surface area contributed by atoms with Gasteiger partial charge in [0.1, 0.15) is 0 Å². The van der Waals surface area contributed by atoms with Crippen molar-refractivity contribution in [2.45, 2.75) is 58.4 Å². The molecule has 2 aliphatic heterocycles. The minimum atomic E-state index is 0. The first-order valence-electron chi connectivity index (χ1n) is 8.95. The molecule has 0 aromatic heterocycles. The summed E-state index contributed by atoms with van der Waals surface area (Å²) in [5.41, 5.74) is 0. The van der Waals surface area contributed by atoms with Gasteiger partial charge in [-0.3, -0.25) is 9.59 Å². The first-order valence-corrected chi connectivity index (χ1v) is 8.95. The number of halogens is 1. The summed E-state index contributed by atoms with van der Waals surface area (Å²) >= 11 is 0. The molecule has 0 aromatic carbocycles. The first-order chi connectivity index (χ1) is 10.7. The predicted molar refractivity (Wildman–Crippen MR) is 94.7 cm³/mol. The SMILES string of the molecule is CCC(CC)C(=O)N1CCC(NC(=O)C2CCCNC2)CC1.Cl. The Hall–Kier alpha value is -0.810. The molecule has 6 heteroatoms. The Morgan fingerprint density at radius 2 is 1.83 bits per heavy atom. The standard InChI is InChI=1S/C17H31N3O2.ClH/c1-3-13(4-2)17(22)20-10-7-15(8-11-20)19-16(21)14-6-5-9-18-12-14;/h13-15,18H,3-12H2,1-2H3,(H,19,21);1H. The normalized spacial score (nSPS) is 22.6. The lowest BCUT2D eigenvalue weighted by molar-refractivity contribution is -0.137. The number of hydrogen-bond donors (Lipinski definition) is 2. The maximum Gasteiger partial charge on any atom is 0.225 e. The molecule has 1 unspecified atom stereocenters. The molecule has 0 radical (unpaired) electrons. The van der Waals surface area contributed by atoms with Crippen molar-refractivity contribution >= 4 is 24.2 Å². The molecular formula is C17H32ClN3O2. The van der Waals surface area contributed by atoms with Gasteiger partial charge >= 0.3 is 0 Å². The van der Waals surface area contributed by atoms with Crippen LogP contribution in [0.1, 0.15) is 52.4 Å². The number of carbonyl (C=O) groups is 2. The summed E-state index contributed by atoms with van der Waals surface area (Å²) < 4.78 is 0. The zero-order valence-corrected chi connectivity index (χ0v) is 15.3. The van der Waals surface area contributed by atoms with Crippen LogP contribution in [0.15, 0.2) is 0 Å². The summed E-state index contributed by atoms with van der Waals surface area (Å²) in [6, 6.07) is 0.236. The smallest absolute Gasteiger partial charge is 0.225 e. The third-order valence-corrected chi connectivity index (χ3v) is 5.16. The van der Waals surface area contributed by atoms with Crippen molar-refractivity contribution in [3.8, 4) is 0 Å². The zero-order chi connectivity index (χ0) is 15.9. The van der Waals surface area contributed by atoms with E-state index in [0.29, 0.717) is 5.91 Å². The molecule has 2 rings (SSSR count). The molecule has 5 nitrogen and oxygen atoms in total. The highest BCUT2D eigenvalue weighted by Crippen LogP contribution is 2.18. The van der Waals surface area contributed by atoms with Gasteiger partial charge in [0.05, 0.1) is 5.92 Å². The summed E-state index contributed by atoms with van der Waals surface area (Å²) in [5.74, 6) is 0.778. The van der Waals surface area contributed by atoms with Gasteiger partial charge in [0, 0.05) is 31.6 Å². The number of nitrogens with zero attached hydrogens (tertiary/aromatic N) is 1. The number of amides is 2. The summed E-state index contributed by atoms with van der Waals surface area (Å²) in [4.78, 5) is 26.6. The molecule has 2 aliphatic rings. The first kappa shape index (κ1) is 20.2. The summed E-state index contributed by atoms with van der Waals surface area (Å²) in [7, 11) is 0. The Morgan fingerprint density at radius 3 is 2.35 bits per heavy atom. The van der Waals surface area contributed by atoms with Crippen molar-refractivity contribution in [3.63, 3.8) is 0 Å². The molecule has 23 heavy (non-hydrogen) atoms. The quantitative estimate of drug-likeness (QED) is 0.800. The largest absolute Gasteiger partial charge is 0.353 e. The molecule has 1 atom stereocenters. The average molecular weight is 346 g/mol.